The van der Waals surface area contributed by atoms with Gasteiger partial charge in [-0.1, -0.05) is 0 Å². The molecule has 5 heterocycles. The summed E-state index contributed by atoms with van der Waals surface area (Å²) < 4.78 is 13.2. The van der Waals surface area contributed by atoms with Gasteiger partial charge < -0.3 is 19.3 Å². The Morgan fingerprint density at radius 2 is 1.91 bits per heavy atom. The van der Waals surface area contributed by atoms with Crippen molar-refractivity contribution in [2.45, 2.75) is 0 Å². The van der Waals surface area contributed by atoms with E-state index in [1.165, 1.54) is 0 Å². The van der Waals surface area contributed by atoms with Gasteiger partial charge in [0.2, 0.25) is 0 Å². The monoisotopic (exact) mass is 447 g/mol. The van der Waals surface area contributed by atoms with E-state index in [-0.39, 0.29) is 0 Å². The van der Waals surface area contributed by atoms with E-state index in [1.807, 2.05) is 18.5 Å². The Bertz CT molecular complexity index is 1120. The third kappa shape index (κ3) is 4.78. The van der Waals surface area contributed by atoms with Crippen LogP contribution in [0, 0.1) is 11.3 Å². The van der Waals surface area contributed by atoms with Gasteiger partial charge in [-0.25, -0.2) is 9.50 Å². The fourth-order valence-electron chi connectivity index (χ4n) is 4.36. The fourth-order valence-corrected chi connectivity index (χ4v) is 4.36. The molecule has 5 rings (SSSR count). The van der Waals surface area contributed by atoms with Gasteiger partial charge in [-0.2, -0.15) is 10.4 Å². The Morgan fingerprint density at radius 1 is 1.09 bits per heavy atom. The molecule has 2 aliphatic heterocycles. The standard InChI is InChI=1S/C24H29N7O2/c1-28-4-6-30(7-5-28)23-3-2-19(16-26-23)22-14-21(18-31-24(22)20(15-25)17-27-31)33-13-10-29-8-11-32-12-9-29/h2-3,14,16-18H,4-13H2,1H3. The second kappa shape index (κ2) is 9.75. The van der Waals surface area contributed by atoms with E-state index < -0.39 is 0 Å². The summed E-state index contributed by atoms with van der Waals surface area (Å²) in [5.74, 6) is 1.70. The molecule has 3 aromatic rings. The Morgan fingerprint density at radius 3 is 2.64 bits per heavy atom. The molecule has 33 heavy (non-hydrogen) atoms. The third-order valence-electron chi connectivity index (χ3n) is 6.37. The maximum atomic E-state index is 9.61. The quantitative estimate of drug-likeness (QED) is 0.565. The fraction of sp³-hybridized carbons (Fsp3) is 0.458. The summed E-state index contributed by atoms with van der Waals surface area (Å²) in [6.45, 7) is 8.87. The van der Waals surface area contributed by atoms with Crippen LogP contribution in [0.2, 0.25) is 0 Å². The molecule has 0 unspecified atom stereocenters. The number of nitrogens with zero attached hydrogens (tertiary/aromatic N) is 7. The number of nitriles is 1. The van der Waals surface area contributed by atoms with E-state index in [2.05, 4.69) is 45.0 Å². The molecule has 0 aromatic carbocycles. The summed E-state index contributed by atoms with van der Waals surface area (Å²) in [4.78, 5) is 11.7. The second-order valence-corrected chi connectivity index (χ2v) is 8.55. The number of anilines is 1. The van der Waals surface area contributed by atoms with Crippen molar-refractivity contribution in [3.63, 3.8) is 0 Å². The summed E-state index contributed by atoms with van der Waals surface area (Å²) in [7, 11) is 2.15. The highest BCUT2D eigenvalue weighted by atomic mass is 16.5. The smallest absolute Gasteiger partial charge is 0.138 e. The average molecular weight is 448 g/mol. The zero-order chi connectivity index (χ0) is 22.6. The largest absolute Gasteiger partial charge is 0.491 e. The van der Waals surface area contributed by atoms with E-state index in [4.69, 9.17) is 14.5 Å². The number of ether oxygens (including phenoxy) is 2. The predicted octanol–water partition coefficient (Wildman–Crippen LogP) is 1.73. The molecule has 172 valence electrons. The first-order valence-corrected chi connectivity index (χ1v) is 11.5. The lowest BCUT2D eigenvalue weighted by Crippen LogP contribution is -2.44. The number of morpholine rings is 1. The van der Waals surface area contributed by atoms with Crippen molar-refractivity contribution >= 4 is 11.3 Å². The molecule has 0 aliphatic carbocycles. The molecule has 0 spiro atoms. The molecule has 0 saturated carbocycles. The number of fused-ring (bicyclic) bond motifs is 1. The van der Waals surface area contributed by atoms with Crippen molar-refractivity contribution in [3.05, 3.63) is 42.4 Å². The van der Waals surface area contributed by atoms with Crippen LogP contribution in [0.4, 0.5) is 5.82 Å². The van der Waals surface area contributed by atoms with Crippen LogP contribution in [0.25, 0.3) is 16.6 Å². The molecule has 0 N–H and O–H groups in total. The zero-order valence-corrected chi connectivity index (χ0v) is 19.0. The number of rotatable bonds is 6. The number of aromatic nitrogens is 3. The first-order valence-electron chi connectivity index (χ1n) is 11.5. The lowest BCUT2D eigenvalue weighted by Gasteiger charge is -2.33. The van der Waals surface area contributed by atoms with Crippen molar-refractivity contribution in [2.24, 2.45) is 0 Å². The molecule has 2 saturated heterocycles. The van der Waals surface area contributed by atoms with Crippen LogP contribution in [0.1, 0.15) is 5.56 Å². The van der Waals surface area contributed by atoms with Crippen LogP contribution >= 0.6 is 0 Å². The Balaban J connectivity index is 1.38. The van der Waals surface area contributed by atoms with Crippen LogP contribution in [0.5, 0.6) is 5.75 Å². The van der Waals surface area contributed by atoms with Crippen LogP contribution in [-0.2, 0) is 4.74 Å². The Hall–Kier alpha value is -3.19. The number of pyridine rings is 2. The topological polar surface area (TPSA) is 82.2 Å². The lowest BCUT2D eigenvalue weighted by molar-refractivity contribution is 0.0322. The minimum Gasteiger partial charge on any atom is -0.491 e. The highest BCUT2D eigenvalue weighted by Crippen LogP contribution is 2.31. The van der Waals surface area contributed by atoms with Gasteiger partial charge in [0.15, 0.2) is 0 Å². The molecule has 9 nitrogen and oxygen atoms in total. The third-order valence-corrected chi connectivity index (χ3v) is 6.37. The van der Waals surface area contributed by atoms with E-state index in [9.17, 15) is 5.26 Å². The van der Waals surface area contributed by atoms with Crippen molar-refractivity contribution in [1.29, 1.82) is 5.26 Å². The zero-order valence-electron chi connectivity index (χ0n) is 19.0. The van der Waals surface area contributed by atoms with Gasteiger partial charge in [0.25, 0.3) is 0 Å². The number of likely N-dealkylation sites (N-methyl/N-ethyl adjacent to an activating group) is 1. The van der Waals surface area contributed by atoms with E-state index >= 15 is 0 Å². The molecule has 3 aromatic heterocycles. The molecule has 0 atom stereocenters. The van der Waals surface area contributed by atoms with Gasteiger partial charge >= 0.3 is 0 Å². The first-order chi connectivity index (χ1) is 16.2. The van der Waals surface area contributed by atoms with Crippen LogP contribution < -0.4 is 9.64 Å². The maximum Gasteiger partial charge on any atom is 0.138 e. The molecular formula is C24H29N7O2. The summed E-state index contributed by atoms with van der Waals surface area (Å²) in [6, 6.07) is 8.38. The Kier molecular flexibility index (Phi) is 6.39. The SMILES string of the molecule is CN1CCN(c2ccc(-c3cc(OCCN4CCOCC4)cn4ncc(C#N)c34)cn2)CC1. The molecule has 2 aliphatic rings. The second-order valence-electron chi connectivity index (χ2n) is 8.55. The normalized spacial score (nSPS) is 17.9. The van der Waals surface area contributed by atoms with Crippen LogP contribution in [-0.4, -0.2) is 97.1 Å². The molecule has 2 fully saturated rings. The molecule has 9 heteroatoms. The summed E-state index contributed by atoms with van der Waals surface area (Å²) >= 11 is 0. The summed E-state index contributed by atoms with van der Waals surface area (Å²) in [5, 5.41) is 14.0. The van der Waals surface area contributed by atoms with Crippen molar-refractivity contribution < 1.29 is 9.47 Å². The van der Waals surface area contributed by atoms with Gasteiger partial charge in [-0.15, -0.1) is 0 Å². The predicted molar refractivity (Wildman–Crippen MR) is 126 cm³/mol. The molecule has 0 amide bonds. The average Bonchev–Trinajstić information content (AvgIpc) is 3.28. The van der Waals surface area contributed by atoms with Gasteiger partial charge in [0.1, 0.15) is 24.2 Å². The first kappa shape index (κ1) is 21.6. The van der Waals surface area contributed by atoms with E-state index in [0.29, 0.717) is 12.2 Å². The summed E-state index contributed by atoms with van der Waals surface area (Å²) in [6.07, 6.45) is 5.32. The van der Waals surface area contributed by atoms with Crippen molar-refractivity contribution in [3.8, 4) is 22.9 Å². The number of piperazine rings is 1. The van der Waals surface area contributed by atoms with E-state index in [1.54, 1.807) is 10.7 Å². The number of hydrogen-bond donors (Lipinski definition) is 0. The molecule has 0 radical (unpaired) electrons. The Labute approximate surface area is 193 Å². The maximum absolute atomic E-state index is 9.61. The van der Waals surface area contributed by atoms with Crippen LogP contribution in [0.15, 0.2) is 36.8 Å². The van der Waals surface area contributed by atoms with Gasteiger partial charge in [-0.05, 0) is 25.2 Å². The molecular weight excluding hydrogens is 418 g/mol. The summed E-state index contributed by atoms with van der Waals surface area (Å²) in [5.41, 5.74) is 3.14. The van der Waals surface area contributed by atoms with Crippen molar-refractivity contribution in [2.75, 3.05) is 77.6 Å². The highest BCUT2D eigenvalue weighted by molar-refractivity contribution is 5.85. The highest BCUT2D eigenvalue weighted by Gasteiger charge is 2.17. The van der Waals surface area contributed by atoms with E-state index in [0.717, 1.165) is 87.2 Å². The minimum atomic E-state index is 0.535. The van der Waals surface area contributed by atoms with Crippen molar-refractivity contribution in [1.82, 2.24) is 24.4 Å². The molecule has 0 bridgehead atoms. The van der Waals surface area contributed by atoms with Crippen LogP contribution in [0.3, 0.4) is 0 Å². The van der Waals surface area contributed by atoms with Gasteiger partial charge in [-0.3, -0.25) is 4.90 Å². The number of hydrogen-bond acceptors (Lipinski definition) is 8. The minimum absolute atomic E-state index is 0.535. The van der Waals surface area contributed by atoms with Gasteiger partial charge in [0.05, 0.1) is 36.7 Å². The van der Waals surface area contributed by atoms with Gasteiger partial charge in [0, 0.05) is 63.1 Å². The lowest BCUT2D eigenvalue weighted by atomic mass is 10.1.